The third-order valence-corrected chi connectivity index (χ3v) is 12.8. The van der Waals surface area contributed by atoms with Crippen molar-refractivity contribution in [2.45, 2.75) is 104 Å². The van der Waals surface area contributed by atoms with Gasteiger partial charge in [-0.25, -0.2) is 14.0 Å². The molecule has 2 amide bonds. The Kier molecular flexibility index (Phi) is 7.81. The third kappa shape index (κ3) is 5.37. The second-order valence-corrected chi connectivity index (χ2v) is 17.5. The van der Waals surface area contributed by atoms with E-state index in [1.165, 1.54) is 0 Å². The topological polar surface area (TPSA) is 109 Å². The Bertz CT molecular complexity index is 1160. The van der Waals surface area contributed by atoms with E-state index in [-0.39, 0.29) is 21.5 Å². The zero-order valence-corrected chi connectivity index (χ0v) is 25.0. The Morgan fingerprint density at radius 2 is 1.86 bits per heavy atom. The van der Waals surface area contributed by atoms with Crippen molar-refractivity contribution < 1.29 is 19.1 Å². The summed E-state index contributed by atoms with van der Waals surface area (Å²) in [6.07, 6.45) is 1.01. The molecule has 1 aromatic carbocycles. The van der Waals surface area contributed by atoms with Crippen LogP contribution in [0.2, 0.25) is 18.1 Å². The van der Waals surface area contributed by atoms with Gasteiger partial charge in [0, 0.05) is 23.6 Å². The Balaban J connectivity index is 1.97. The molecule has 37 heavy (non-hydrogen) atoms. The normalized spacial score (nSPS) is 22.4. The lowest BCUT2D eigenvalue weighted by atomic mass is 9.82. The van der Waals surface area contributed by atoms with Crippen LogP contribution >= 0.6 is 0 Å². The molecule has 1 unspecified atom stereocenters. The number of carbonyl (C=O) groups is 2. The summed E-state index contributed by atoms with van der Waals surface area (Å²) in [6, 6.07) is 5.20. The first kappa shape index (κ1) is 29.0. The van der Waals surface area contributed by atoms with Crippen LogP contribution in [0.5, 0.6) is 0 Å². The lowest BCUT2D eigenvalue weighted by molar-refractivity contribution is -0.252. The maximum Gasteiger partial charge on any atom is 0.316 e. The van der Waals surface area contributed by atoms with E-state index in [1.54, 1.807) is 11.6 Å². The van der Waals surface area contributed by atoms with E-state index in [4.69, 9.17) is 4.43 Å². The number of carboxylic acid groups (broad SMARTS) is 1. The van der Waals surface area contributed by atoms with Crippen molar-refractivity contribution in [2.24, 2.45) is 0 Å². The Hall–Kier alpha value is -2.56. The molecule has 2 heterocycles. The van der Waals surface area contributed by atoms with Crippen molar-refractivity contribution in [3.8, 4) is 11.3 Å². The number of quaternary nitrogens is 1. The van der Waals surface area contributed by atoms with E-state index in [1.807, 2.05) is 52.1 Å². The summed E-state index contributed by atoms with van der Waals surface area (Å²) in [5.41, 5.74) is 2.63. The molecule has 1 aliphatic rings. The average Bonchev–Trinajstić information content (AvgIpc) is 3.20. The van der Waals surface area contributed by atoms with Crippen LogP contribution in [0, 0.1) is 0 Å². The molecule has 0 radical (unpaired) electrons. The molecule has 0 spiro atoms. The number of hydrogen-bond donors (Lipinski definition) is 1. The number of carbonyl (C=O) groups excluding carboxylic acids is 2. The van der Waals surface area contributed by atoms with Crippen LogP contribution < -0.4 is 14.9 Å². The van der Waals surface area contributed by atoms with Gasteiger partial charge < -0.3 is 19.6 Å². The first-order chi connectivity index (χ1) is 16.9. The van der Waals surface area contributed by atoms with Gasteiger partial charge >= 0.3 is 5.91 Å². The minimum absolute atomic E-state index is 0.0218. The number of hydrogen-bond acceptors (Lipinski definition) is 6. The maximum atomic E-state index is 13.2. The molecular weight excluding hydrogens is 486 g/mol. The molecule has 0 saturated heterocycles. The number of fused-ring (bicyclic) bond motifs is 1. The first-order valence-electron chi connectivity index (χ1n) is 13.0. The predicted octanol–water partition coefficient (Wildman–Crippen LogP) is 4.39. The van der Waals surface area contributed by atoms with Gasteiger partial charge in [-0.15, -0.1) is 5.10 Å². The molecule has 0 aliphatic carbocycles. The van der Waals surface area contributed by atoms with Crippen LogP contribution in [-0.2, 0) is 15.8 Å². The Labute approximate surface area is 221 Å². The molecule has 1 aromatic heterocycles. The minimum Gasteiger partial charge on any atom is -0.530 e. The summed E-state index contributed by atoms with van der Waals surface area (Å²) in [6.45, 7) is 22.0. The SMILES string of the molecule is CC(=O)[N+]1(C(C)(C)C)c2ccc(-c3cn(CCO[Si](C)(C)C(C)(C)C)nn3)cc2[C@H](NC(=O)[O-])C[C@@H]1C. The highest BCUT2D eigenvalue weighted by Crippen LogP contribution is 2.48. The summed E-state index contributed by atoms with van der Waals surface area (Å²) < 4.78 is 8.17. The van der Waals surface area contributed by atoms with E-state index >= 15 is 0 Å². The maximum absolute atomic E-state index is 13.2. The monoisotopic (exact) mass is 529 g/mol. The van der Waals surface area contributed by atoms with Gasteiger partial charge in [0.2, 0.25) is 0 Å². The number of nitrogens with zero attached hydrogens (tertiary/aromatic N) is 4. The highest BCUT2D eigenvalue weighted by molar-refractivity contribution is 6.74. The fraction of sp³-hybridized carbons (Fsp3) is 0.630. The van der Waals surface area contributed by atoms with Crippen LogP contribution in [0.4, 0.5) is 10.5 Å². The Morgan fingerprint density at radius 1 is 1.22 bits per heavy atom. The van der Waals surface area contributed by atoms with Gasteiger partial charge in [-0.2, -0.15) is 0 Å². The zero-order valence-electron chi connectivity index (χ0n) is 24.0. The molecule has 10 heteroatoms. The number of amides is 2. The van der Waals surface area contributed by atoms with Crippen molar-refractivity contribution in [3.63, 3.8) is 0 Å². The van der Waals surface area contributed by atoms with Crippen LogP contribution in [0.3, 0.4) is 0 Å². The molecule has 0 bridgehead atoms. The van der Waals surface area contributed by atoms with E-state index < -0.39 is 26.0 Å². The van der Waals surface area contributed by atoms with Gasteiger partial charge in [-0.3, -0.25) is 0 Å². The van der Waals surface area contributed by atoms with Crippen molar-refractivity contribution >= 4 is 26.0 Å². The molecule has 0 saturated carbocycles. The highest BCUT2D eigenvalue weighted by atomic mass is 28.4. The summed E-state index contributed by atoms with van der Waals surface area (Å²) in [4.78, 5) is 24.8. The van der Waals surface area contributed by atoms with Crippen molar-refractivity contribution in [3.05, 3.63) is 30.0 Å². The standard InChI is InChI=1S/C27H43N5O4Si/c1-18-15-22(28-25(34)35)21-16-20(11-12-24(21)32(18,19(2)33)26(3,4)5)23-17-31(30-29-23)13-14-36-37(9,10)27(6,7)8/h11-12,16-18,22,28H,13-15H2,1-10H3/t18-,22+,32?/m0/s1. The fourth-order valence-electron chi connectivity index (χ4n) is 5.58. The van der Waals surface area contributed by atoms with E-state index in [0.717, 1.165) is 16.8 Å². The van der Waals surface area contributed by atoms with Crippen LogP contribution in [-0.4, -0.2) is 53.5 Å². The number of benzene rings is 1. The lowest BCUT2D eigenvalue weighted by Crippen LogP contribution is -2.71. The van der Waals surface area contributed by atoms with Gasteiger partial charge in [0.15, 0.2) is 8.32 Å². The fourth-order valence-corrected chi connectivity index (χ4v) is 6.62. The second-order valence-electron chi connectivity index (χ2n) is 12.7. The van der Waals surface area contributed by atoms with Crippen molar-refractivity contribution in [2.75, 3.05) is 6.61 Å². The van der Waals surface area contributed by atoms with Gasteiger partial charge in [-0.1, -0.05) is 26.0 Å². The largest absolute Gasteiger partial charge is 0.530 e. The van der Waals surface area contributed by atoms with E-state index in [0.29, 0.717) is 25.3 Å². The average molecular weight is 530 g/mol. The molecule has 204 valence electrons. The summed E-state index contributed by atoms with van der Waals surface area (Å²) >= 11 is 0. The molecule has 0 fully saturated rings. The van der Waals surface area contributed by atoms with Crippen molar-refractivity contribution in [1.82, 2.24) is 24.8 Å². The number of rotatable bonds is 6. The van der Waals surface area contributed by atoms with Gasteiger partial charge in [0.25, 0.3) is 0 Å². The van der Waals surface area contributed by atoms with Gasteiger partial charge in [0.05, 0.1) is 32.3 Å². The summed E-state index contributed by atoms with van der Waals surface area (Å²) in [7, 11) is -1.85. The molecule has 9 nitrogen and oxygen atoms in total. The number of nitrogens with one attached hydrogen (secondary N) is 1. The molecule has 3 atom stereocenters. The molecule has 1 N–H and O–H groups in total. The zero-order chi connectivity index (χ0) is 28.0. The first-order valence-corrected chi connectivity index (χ1v) is 15.9. The highest BCUT2D eigenvalue weighted by Gasteiger charge is 2.55. The second kappa shape index (κ2) is 9.96. The minimum atomic E-state index is -1.85. The van der Waals surface area contributed by atoms with Crippen molar-refractivity contribution in [1.29, 1.82) is 0 Å². The predicted molar refractivity (Wildman–Crippen MR) is 146 cm³/mol. The third-order valence-electron chi connectivity index (χ3n) is 8.29. The number of aromatic nitrogens is 3. The van der Waals surface area contributed by atoms with E-state index in [2.05, 4.69) is 49.5 Å². The van der Waals surface area contributed by atoms with Gasteiger partial charge in [-0.05, 0) is 58.0 Å². The molecular formula is C27H43N5O4Si. The molecule has 1 aliphatic heterocycles. The summed E-state index contributed by atoms with van der Waals surface area (Å²) in [5.74, 6) is 0.0218. The van der Waals surface area contributed by atoms with Gasteiger partial charge in [0.1, 0.15) is 29.1 Å². The van der Waals surface area contributed by atoms with Crippen LogP contribution in [0.25, 0.3) is 11.3 Å². The lowest BCUT2D eigenvalue weighted by Gasteiger charge is -2.53. The van der Waals surface area contributed by atoms with E-state index in [9.17, 15) is 14.7 Å². The van der Waals surface area contributed by atoms with Crippen LogP contribution in [0.1, 0.15) is 73.4 Å². The van der Waals surface area contributed by atoms with Crippen LogP contribution in [0.15, 0.2) is 24.4 Å². The molecule has 2 aromatic rings. The Morgan fingerprint density at radius 3 is 2.41 bits per heavy atom. The molecule has 3 rings (SSSR count). The quantitative estimate of drug-likeness (QED) is 0.439. The smallest absolute Gasteiger partial charge is 0.316 e. The summed E-state index contributed by atoms with van der Waals surface area (Å²) in [5, 5.41) is 22.9.